The number of rotatable bonds is 7. The minimum atomic E-state index is -0.446. The van der Waals surface area contributed by atoms with E-state index < -0.39 is 4.92 Å². The van der Waals surface area contributed by atoms with Crippen LogP contribution < -0.4 is 5.32 Å². The van der Waals surface area contributed by atoms with Crippen molar-refractivity contribution in [1.29, 1.82) is 0 Å². The van der Waals surface area contributed by atoms with E-state index in [0.717, 1.165) is 17.8 Å². The van der Waals surface area contributed by atoms with Gasteiger partial charge in [0.05, 0.1) is 10.6 Å². The summed E-state index contributed by atoms with van der Waals surface area (Å²) in [5.41, 5.74) is 2.86. The number of nitrogens with one attached hydrogen (secondary N) is 1. The van der Waals surface area contributed by atoms with E-state index >= 15 is 0 Å². The maximum atomic E-state index is 12.4. The Labute approximate surface area is 161 Å². The molecule has 3 rings (SSSR count). The normalized spacial score (nSPS) is 11.0. The van der Waals surface area contributed by atoms with Gasteiger partial charge in [-0.1, -0.05) is 0 Å². The van der Waals surface area contributed by atoms with Crippen LogP contribution in [0.15, 0.2) is 18.5 Å². The average Bonchev–Trinajstić information content (AvgIpc) is 3.31. The molecular formula is C17H22N8O3. The molecule has 11 nitrogen and oxygen atoms in total. The van der Waals surface area contributed by atoms with Crippen LogP contribution in [0.1, 0.15) is 40.1 Å². The largest absolute Gasteiger partial charge is 0.346 e. The molecule has 0 atom stereocenters. The van der Waals surface area contributed by atoms with Gasteiger partial charge in [0.1, 0.15) is 23.8 Å². The lowest BCUT2D eigenvalue weighted by atomic mass is 10.2. The van der Waals surface area contributed by atoms with Crippen LogP contribution >= 0.6 is 0 Å². The molecule has 0 spiro atoms. The number of nitrogens with zero attached hydrogens (tertiary/aromatic N) is 7. The van der Waals surface area contributed by atoms with Crippen LogP contribution in [-0.4, -0.2) is 40.2 Å². The van der Waals surface area contributed by atoms with Crippen molar-refractivity contribution in [1.82, 2.24) is 34.7 Å². The predicted octanol–water partition coefficient (Wildman–Crippen LogP) is 1.57. The summed E-state index contributed by atoms with van der Waals surface area (Å²) >= 11 is 0. The minimum absolute atomic E-state index is 0.00637. The first-order valence-corrected chi connectivity index (χ1v) is 8.83. The standard InChI is InChI=1S/C17H22N8O3/c1-5-22-9-14(11(2)19-22)8-18-17(26)15-6-7-23(21-15)10-24-13(4)16(25(27)28)12(3)20-24/h6-7,9H,5,8,10H2,1-4H3,(H,18,26). The van der Waals surface area contributed by atoms with Crippen molar-refractivity contribution in [2.24, 2.45) is 0 Å². The third kappa shape index (κ3) is 3.77. The van der Waals surface area contributed by atoms with Crippen molar-refractivity contribution >= 4 is 11.6 Å². The van der Waals surface area contributed by atoms with E-state index in [4.69, 9.17) is 0 Å². The van der Waals surface area contributed by atoms with Crippen LogP contribution in [0, 0.1) is 30.9 Å². The third-order valence-corrected chi connectivity index (χ3v) is 4.49. The Kier molecular flexibility index (Phi) is 5.25. The maximum Gasteiger partial charge on any atom is 0.312 e. The van der Waals surface area contributed by atoms with Gasteiger partial charge in [-0.15, -0.1) is 0 Å². The molecule has 0 radical (unpaired) electrons. The zero-order chi connectivity index (χ0) is 20.4. The van der Waals surface area contributed by atoms with Gasteiger partial charge in [-0.25, -0.2) is 4.68 Å². The van der Waals surface area contributed by atoms with Crippen LogP contribution in [0.5, 0.6) is 0 Å². The Balaban J connectivity index is 1.66. The second-order valence-corrected chi connectivity index (χ2v) is 6.44. The SMILES string of the molecule is CCn1cc(CNC(=O)c2ccn(Cn3nc(C)c([N+](=O)[O-])c3C)n2)c(C)n1. The van der Waals surface area contributed by atoms with Gasteiger partial charge in [-0.3, -0.25) is 24.3 Å². The smallest absolute Gasteiger partial charge is 0.312 e. The second kappa shape index (κ2) is 7.62. The first kappa shape index (κ1) is 19.3. The summed E-state index contributed by atoms with van der Waals surface area (Å²) in [6.45, 7) is 8.43. The van der Waals surface area contributed by atoms with E-state index in [2.05, 4.69) is 20.6 Å². The lowest BCUT2D eigenvalue weighted by Crippen LogP contribution is -2.24. The fourth-order valence-corrected chi connectivity index (χ4v) is 2.95. The first-order valence-electron chi connectivity index (χ1n) is 8.83. The molecule has 0 fully saturated rings. The summed E-state index contributed by atoms with van der Waals surface area (Å²) in [6.07, 6.45) is 3.54. The van der Waals surface area contributed by atoms with Gasteiger partial charge in [0.25, 0.3) is 5.91 Å². The number of hydrogen-bond donors (Lipinski definition) is 1. The Morgan fingerprint density at radius 2 is 1.93 bits per heavy atom. The molecule has 0 unspecified atom stereocenters. The van der Waals surface area contributed by atoms with Crippen LogP contribution in [0.25, 0.3) is 0 Å². The maximum absolute atomic E-state index is 12.4. The van der Waals surface area contributed by atoms with Crippen LogP contribution in [-0.2, 0) is 19.8 Å². The van der Waals surface area contributed by atoms with Crippen molar-refractivity contribution in [3.63, 3.8) is 0 Å². The summed E-state index contributed by atoms with van der Waals surface area (Å²) < 4.78 is 4.82. The predicted molar refractivity (Wildman–Crippen MR) is 99.8 cm³/mol. The minimum Gasteiger partial charge on any atom is -0.346 e. The van der Waals surface area contributed by atoms with Gasteiger partial charge >= 0.3 is 5.69 Å². The highest BCUT2D eigenvalue weighted by Crippen LogP contribution is 2.21. The molecule has 0 aromatic carbocycles. The van der Waals surface area contributed by atoms with Crippen molar-refractivity contribution in [3.8, 4) is 0 Å². The fourth-order valence-electron chi connectivity index (χ4n) is 2.95. The van der Waals surface area contributed by atoms with E-state index in [9.17, 15) is 14.9 Å². The topological polar surface area (TPSA) is 126 Å². The molecule has 148 valence electrons. The summed E-state index contributed by atoms with van der Waals surface area (Å²) in [7, 11) is 0. The van der Waals surface area contributed by atoms with Gasteiger partial charge in [0.2, 0.25) is 0 Å². The Hall–Kier alpha value is -3.50. The molecule has 0 aliphatic heterocycles. The second-order valence-electron chi connectivity index (χ2n) is 6.44. The van der Waals surface area contributed by atoms with Gasteiger partial charge in [-0.2, -0.15) is 15.3 Å². The van der Waals surface area contributed by atoms with Gasteiger partial charge in [0, 0.05) is 31.0 Å². The van der Waals surface area contributed by atoms with E-state index in [0.29, 0.717) is 17.9 Å². The lowest BCUT2D eigenvalue weighted by Gasteiger charge is -2.04. The average molecular weight is 386 g/mol. The number of carbonyl (C=O) groups is 1. The summed E-state index contributed by atoms with van der Waals surface area (Å²) in [4.78, 5) is 23.0. The van der Waals surface area contributed by atoms with Crippen molar-refractivity contribution < 1.29 is 9.72 Å². The molecule has 0 bridgehead atoms. The molecule has 1 N–H and O–H groups in total. The Morgan fingerprint density at radius 3 is 2.54 bits per heavy atom. The molecule has 28 heavy (non-hydrogen) atoms. The molecule has 11 heteroatoms. The monoisotopic (exact) mass is 386 g/mol. The molecule has 3 aromatic heterocycles. The number of hydrogen-bond acceptors (Lipinski definition) is 6. The molecular weight excluding hydrogens is 364 g/mol. The zero-order valence-corrected chi connectivity index (χ0v) is 16.2. The molecule has 0 aliphatic carbocycles. The van der Waals surface area contributed by atoms with Crippen LogP contribution in [0.4, 0.5) is 5.69 Å². The molecule has 0 saturated carbocycles. The van der Waals surface area contributed by atoms with E-state index in [1.54, 1.807) is 26.1 Å². The number of aromatic nitrogens is 6. The summed E-state index contributed by atoms with van der Waals surface area (Å²) in [5.74, 6) is -0.304. The summed E-state index contributed by atoms with van der Waals surface area (Å²) in [5, 5.41) is 26.7. The van der Waals surface area contributed by atoms with Gasteiger partial charge < -0.3 is 5.32 Å². The third-order valence-electron chi connectivity index (χ3n) is 4.49. The molecule has 3 heterocycles. The summed E-state index contributed by atoms with van der Waals surface area (Å²) in [6, 6.07) is 1.59. The van der Waals surface area contributed by atoms with E-state index in [1.807, 2.05) is 24.7 Å². The lowest BCUT2D eigenvalue weighted by molar-refractivity contribution is -0.386. The van der Waals surface area contributed by atoms with Crippen LogP contribution in [0.2, 0.25) is 0 Å². The highest BCUT2D eigenvalue weighted by molar-refractivity contribution is 5.92. The Morgan fingerprint density at radius 1 is 1.18 bits per heavy atom. The van der Waals surface area contributed by atoms with Crippen LogP contribution in [0.3, 0.4) is 0 Å². The molecule has 3 aromatic rings. The first-order chi connectivity index (χ1) is 13.3. The highest BCUT2D eigenvalue weighted by Gasteiger charge is 2.22. The number of amides is 1. The van der Waals surface area contributed by atoms with E-state index in [-0.39, 0.29) is 24.0 Å². The molecule has 1 amide bonds. The fraction of sp³-hybridized carbons (Fsp3) is 0.412. The van der Waals surface area contributed by atoms with E-state index in [1.165, 1.54) is 9.36 Å². The number of aryl methyl sites for hydroxylation is 3. The quantitative estimate of drug-likeness (QED) is 0.485. The molecule has 0 aliphatic rings. The van der Waals surface area contributed by atoms with Gasteiger partial charge in [-0.05, 0) is 33.8 Å². The van der Waals surface area contributed by atoms with Crippen molar-refractivity contribution in [2.75, 3.05) is 0 Å². The van der Waals surface area contributed by atoms with Crippen molar-refractivity contribution in [3.05, 3.63) is 56.9 Å². The molecule has 0 saturated heterocycles. The Bertz CT molecular complexity index is 1030. The highest BCUT2D eigenvalue weighted by atomic mass is 16.6. The number of carbonyl (C=O) groups excluding carboxylic acids is 1. The van der Waals surface area contributed by atoms with Crippen molar-refractivity contribution in [2.45, 2.75) is 47.5 Å². The van der Waals surface area contributed by atoms with Gasteiger partial charge in [0.15, 0.2) is 0 Å². The zero-order valence-electron chi connectivity index (χ0n) is 16.2. The number of nitro groups is 1.